The molecule has 0 aromatic heterocycles. The lowest BCUT2D eigenvalue weighted by atomic mass is 10.1. The number of hydrogen-bond donors (Lipinski definition) is 2. The van der Waals surface area contributed by atoms with Crippen molar-refractivity contribution in [1.29, 1.82) is 0 Å². The Bertz CT molecular complexity index is 923. The van der Waals surface area contributed by atoms with E-state index < -0.39 is 10.6 Å². The fourth-order valence-corrected chi connectivity index (χ4v) is 4.22. The highest BCUT2D eigenvalue weighted by Crippen LogP contribution is 2.60. The predicted octanol–water partition coefficient (Wildman–Crippen LogP) is 5.18. The molecule has 22 heavy (non-hydrogen) atoms. The summed E-state index contributed by atoms with van der Waals surface area (Å²) in [6.45, 7) is 0. The third kappa shape index (κ3) is 1.94. The van der Waals surface area contributed by atoms with Gasteiger partial charge >= 0.3 is 0 Å². The summed E-state index contributed by atoms with van der Waals surface area (Å²) < 4.78 is 34.6. The van der Waals surface area contributed by atoms with Gasteiger partial charge in [0, 0.05) is 5.56 Å². The molecule has 5 heteroatoms. The Kier molecular flexibility index (Phi) is 2.84. The van der Waals surface area contributed by atoms with Gasteiger partial charge in [-0.05, 0) is 35.0 Å². The summed E-state index contributed by atoms with van der Waals surface area (Å²) >= 11 is 0. The Hall–Kier alpha value is -2.21. The van der Waals surface area contributed by atoms with Crippen molar-refractivity contribution < 1.29 is 13.5 Å². The van der Waals surface area contributed by atoms with Crippen molar-refractivity contribution in [3.8, 4) is 0 Å². The molecule has 0 aliphatic carbocycles. The number of halogens is 1. The van der Waals surface area contributed by atoms with Crippen LogP contribution in [0.1, 0.15) is 5.56 Å². The van der Waals surface area contributed by atoms with E-state index >= 15 is 0 Å². The van der Waals surface area contributed by atoms with E-state index in [9.17, 15) is 13.5 Å². The number of nitrogens with zero attached hydrogens (tertiary/aromatic N) is 1. The second-order valence-electron chi connectivity index (χ2n) is 5.14. The SMILES string of the molecule is OS1(O)C(c2ccccc2)=Nc2cc3ccc(F)cc3cc21. The topological polar surface area (TPSA) is 52.8 Å². The van der Waals surface area contributed by atoms with E-state index in [2.05, 4.69) is 4.99 Å². The fourth-order valence-electron chi connectivity index (χ4n) is 2.64. The van der Waals surface area contributed by atoms with E-state index in [0.717, 1.165) is 5.39 Å². The Morgan fingerprint density at radius 1 is 0.864 bits per heavy atom. The van der Waals surface area contributed by atoms with Crippen molar-refractivity contribution in [1.82, 2.24) is 0 Å². The van der Waals surface area contributed by atoms with Crippen LogP contribution in [0.4, 0.5) is 10.1 Å². The molecule has 110 valence electrons. The molecule has 2 N–H and O–H groups in total. The lowest BCUT2D eigenvalue weighted by molar-refractivity contribution is 0.505. The van der Waals surface area contributed by atoms with Crippen molar-refractivity contribution >= 4 is 32.1 Å². The molecule has 3 aromatic rings. The minimum Gasteiger partial charge on any atom is -0.289 e. The van der Waals surface area contributed by atoms with Crippen LogP contribution in [0.15, 0.2) is 70.6 Å². The summed E-state index contributed by atoms with van der Waals surface area (Å²) in [4.78, 5) is 4.76. The Balaban J connectivity index is 1.94. The van der Waals surface area contributed by atoms with Crippen LogP contribution in [-0.2, 0) is 0 Å². The normalized spacial score (nSPS) is 17.1. The van der Waals surface area contributed by atoms with E-state index in [1.165, 1.54) is 12.1 Å². The van der Waals surface area contributed by atoms with Gasteiger partial charge in [-0.15, -0.1) is 10.6 Å². The number of rotatable bonds is 1. The molecule has 0 atom stereocenters. The number of fused-ring (bicyclic) bond motifs is 2. The van der Waals surface area contributed by atoms with Gasteiger partial charge in [-0.1, -0.05) is 36.4 Å². The highest BCUT2D eigenvalue weighted by atomic mass is 32.3. The average molecular weight is 313 g/mol. The van der Waals surface area contributed by atoms with Crippen LogP contribution < -0.4 is 0 Å². The molecule has 0 amide bonds. The number of aliphatic imine (C=N–C) groups is 1. The van der Waals surface area contributed by atoms with Crippen LogP contribution in [0, 0.1) is 5.82 Å². The molecular formula is C17H12FNO2S. The lowest BCUT2D eigenvalue weighted by Gasteiger charge is -2.29. The molecule has 0 radical (unpaired) electrons. The maximum atomic E-state index is 13.4. The maximum Gasteiger partial charge on any atom is 0.159 e. The van der Waals surface area contributed by atoms with Crippen LogP contribution in [0.25, 0.3) is 10.8 Å². The second kappa shape index (κ2) is 4.64. The van der Waals surface area contributed by atoms with Crippen molar-refractivity contribution in [2.45, 2.75) is 4.90 Å². The fraction of sp³-hybridized carbons (Fsp3) is 0. The van der Waals surface area contributed by atoms with E-state index in [1.54, 1.807) is 30.3 Å². The molecule has 1 aliphatic heterocycles. The first-order valence-corrected chi connectivity index (χ1v) is 8.26. The van der Waals surface area contributed by atoms with E-state index in [0.29, 0.717) is 21.5 Å². The van der Waals surface area contributed by atoms with Crippen molar-refractivity contribution in [2.24, 2.45) is 4.99 Å². The summed E-state index contributed by atoms with van der Waals surface area (Å²) in [6, 6.07) is 16.9. The standard InChI is InChI=1S/C17H12FNO2S/c18-14-7-6-12-9-15-16(10-13(12)8-14)22(20,21)17(19-15)11-4-2-1-3-5-11/h1-10,20-21H. The van der Waals surface area contributed by atoms with Crippen LogP contribution in [0.5, 0.6) is 0 Å². The van der Waals surface area contributed by atoms with Crippen LogP contribution in [0.3, 0.4) is 0 Å². The number of hydrogen-bond acceptors (Lipinski definition) is 3. The molecule has 0 fully saturated rings. The molecule has 1 aliphatic rings. The average Bonchev–Trinajstić information content (AvgIpc) is 2.77. The van der Waals surface area contributed by atoms with Gasteiger partial charge in [-0.3, -0.25) is 9.11 Å². The van der Waals surface area contributed by atoms with Gasteiger partial charge in [0.1, 0.15) is 5.82 Å². The molecular weight excluding hydrogens is 301 g/mol. The monoisotopic (exact) mass is 313 g/mol. The van der Waals surface area contributed by atoms with E-state index in [1.807, 2.05) is 18.2 Å². The summed E-state index contributed by atoms with van der Waals surface area (Å²) in [7, 11) is -3.18. The number of benzene rings is 3. The van der Waals surface area contributed by atoms with Gasteiger partial charge in [0.25, 0.3) is 0 Å². The molecule has 0 bridgehead atoms. The Morgan fingerprint density at radius 3 is 2.41 bits per heavy atom. The van der Waals surface area contributed by atoms with Crippen LogP contribution >= 0.6 is 10.6 Å². The second-order valence-corrected chi connectivity index (χ2v) is 7.07. The van der Waals surface area contributed by atoms with Crippen LogP contribution in [0.2, 0.25) is 0 Å². The molecule has 0 saturated carbocycles. The first kappa shape index (κ1) is 13.5. The Morgan fingerprint density at radius 2 is 1.64 bits per heavy atom. The van der Waals surface area contributed by atoms with E-state index in [-0.39, 0.29) is 10.9 Å². The van der Waals surface area contributed by atoms with Crippen molar-refractivity contribution in [2.75, 3.05) is 0 Å². The largest absolute Gasteiger partial charge is 0.289 e. The molecule has 3 nitrogen and oxygen atoms in total. The van der Waals surface area contributed by atoms with Gasteiger partial charge in [-0.25, -0.2) is 9.38 Å². The summed E-state index contributed by atoms with van der Waals surface area (Å²) in [5, 5.41) is 1.70. The summed E-state index contributed by atoms with van der Waals surface area (Å²) in [6.07, 6.45) is 0. The first-order valence-electron chi connectivity index (χ1n) is 6.71. The van der Waals surface area contributed by atoms with Crippen molar-refractivity contribution in [3.63, 3.8) is 0 Å². The first-order chi connectivity index (χ1) is 10.6. The highest BCUT2D eigenvalue weighted by Gasteiger charge is 2.33. The third-order valence-corrected chi connectivity index (χ3v) is 5.51. The maximum absolute atomic E-state index is 13.4. The zero-order chi connectivity index (χ0) is 15.3. The molecule has 3 aromatic carbocycles. The molecule has 0 spiro atoms. The zero-order valence-electron chi connectivity index (χ0n) is 11.4. The van der Waals surface area contributed by atoms with Gasteiger partial charge in [0.15, 0.2) is 5.04 Å². The summed E-state index contributed by atoms with van der Waals surface area (Å²) in [5.41, 5.74) is 1.20. The lowest BCUT2D eigenvalue weighted by Crippen LogP contribution is -2.08. The van der Waals surface area contributed by atoms with Crippen molar-refractivity contribution in [3.05, 3.63) is 72.0 Å². The van der Waals surface area contributed by atoms with Gasteiger partial charge in [-0.2, -0.15) is 0 Å². The third-order valence-electron chi connectivity index (χ3n) is 3.70. The highest BCUT2D eigenvalue weighted by molar-refractivity contribution is 8.37. The zero-order valence-corrected chi connectivity index (χ0v) is 12.2. The minimum atomic E-state index is -3.18. The molecule has 0 unspecified atom stereocenters. The predicted molar refractivity (Wildman–Crippen MR) is 87.7 cm³/mol. The quantitative estimate of drug-likeness (QED) is 0.650. The van der Waals surface area contributed by atoms with Gasteiger partial charge in [0.2, 0.25) is 0 Å². The van der Waals surface area contributed by atoms with Gasteiger partial charge in [0.05, 0.1) is 10.6 Å². The van der Waals surface area contributed by atoms with Gasteiger partial charge < -0.3 is 0 Å². The van der Waals surface area contributed by atoms with E-state index in [4.69, 9.17) is 0 Å². The molecule has 4 rings (SSSR count). The molecule has 0 saturated heterocycles. The molecule has 1 heterocycles. The Labute approximate surface area is 128 Å². The smallest absolute Gasteiger partial charge is 0.159 e. The minimum absolute atomic E-state index is 0.263. The van der Waals surface area contributed by atoms with Crippen LogP contribution in [-0.4, -0.2) is 14.1 Å². The summed E-state index contributed by atoms with van der Waals surface area (Å²) in [5.74, 6) is -0.355.